The number of aryl methyl sites for hydroxylation is 7. The van der Waals surface area contributed by atoms with E-state index in [0.29, 0.717) is 57.7 Å². The molecule has 128 heavy (non-hydrogen) atoms. The molecule has 0 aliphatic rings. The molecule has 0 spiro atoms. The number of carbonyl (C=O) groups is 6. The molecule has 0 bridgehead atoms. The molecule has 0 fully saturated rings. The highest BCUT2D eigenvalue weighted by Crippen LogP contribution is 2.34. The van der Waals surface area contributed by atoms with E-state index in [4.69, 9.17) is 89.2 Å². The first kappa shape index (κ1) is 110. The summed E-state index contributed by atoms with van der Waals surface area (Å²) in [5.74, 6) is 24.4. The molecule has 0 amide bonds. The number of anilines is 7. The molecule has 0 radical (unpaired) electrons. The maximum Gasteiger partial charge on any atom is 0.348 e. The van der Waals surface area contributed by atoms with Gasteiger partial charge < -0.3 is 82.9 Å². The number of halogens is 2. The fraction of sp³-hybridized carbons (Fsp3) is 0.309. The van der Waals surface area contributed by atoms with Crippen LogP contribution in [-0.4, -0.2) is 235 Å². The first-order valence-corrected chi connectivity index (χ1v) is 35.9. The van der Waals surface area contributed by atoms with Gasteiger partial charge in [-0.3, -0.25) is 42.0 Å². The summed E-state index contributed by atoms with van der Waals surface area (Å²) in [5, 5.41) is 87.5. The predicted octanol–water partition coefficient (Wildman–Crippen LogP) is 0.804. The van der Waals surface area contributed by atoms with Crippen LogP contribution in [0.1, 0.15) is 73.6 Å². The molecule has 0 unspecified atom stereocenters. The number of nitrogens with zero attached hydrogens (tertiary/aromatic N) is 30. The number of azo groups is 2. The van der Waals surface area contributed by atoms with Crippen LogP contribution in [-0.2, 0) is 68.7 Å². The van der Waals surface area contributed by atoms with Crippen LogP contribution in [0, 0.1) is 61.7 Å². The summed E-state index contributed by atoms with van der Waals surface area (Å²) in [7, 11) is 16.0. The van der Waals surface area contributed by atoms with Crippen molar-refractivity contribution < 1.29 is 72.1 Å². The van der Waals surface area contributed by atoms with E-state index in [1.54, 1.807) is 99.9 Å². The summed E-state index contributed by atoms with van der Waals surface area (Å²) in [5.41, 5.74) is 40.3. The van der Waals surface area contributed by atoms with E-state index in [1.807, 2.05) is 13.8 Å². The zero-order chi connectivity index (χ0) is 96.9. The Morgan fingerprint density at radius 3 is 1.22 bits per heavy atom. The highest BCUT2D eigenvalue weighted by Gasteiger charge is 2.23. The summed E-state index contributed by atoms with van der Waals surface area (Å²) < 4.78 is 41.3. The van der Waals surface area contributed by atoms with Crippen molar-refractivity contribution >= 4 is 122 Å². The lowest BCUT2D eigenvalue weighted by atomic mass is 10.2. The standard InChI is InChI=1S/C24H26N16O4.C12H14N8.C6H9N3O2.C6H7NO3.C4H8N6.C4H5NO2.C4H5NO.C4H10O3.C3HCl2N3.CH6N2.H4N2/c1-11-18(31-33-22-13(15(42)9-41)7-29-37(22)3)20(25)39(35-11)16-6-17(28-10-27-16)40-21(26)19(12(2)36-40)32-34-23-14(24(43)44-5)8-30-38(23)4;1-7-3-9(13)19(17-7)11-5-12(16-6-15-11)20-10(14)4-8(2)18-20;1-9-5(7)4(3-8-9)6(10)11-2;1-10-6(9)5(4-7)2-3-8;5-9-3-1-4(10-6)8-2-7-3;1-7-4(6)2-3-5;1-4(6)2-3-5;1-5-4(6-2)7-3;4-2-6-1-7-3(5)8-2;1-3-2;1-2/h6-8,10,41H,9,25-26H2,1-5H3;3-6H,13-14H2,1-2H3;3H,7H2,1-2H3;2,8H,3H2,1H3;1-2H,5-6H2,(H2,7,8,9,10);2H2,1H3;2H2,1H3;4H,1-3H3;1H;3H,2H2,1H3;1-2H2. The Morgan fingerprint density at radius 1 is 0.523 bits per heavy atom. The van der Waals surface area contributed by atoms with Gasteiger partial charge in [-0.25, -0.2) is 75.3 Å². The molecule has 25 N–H and O–H groups in total. The van der Waals surface area contributed by atoms with Crippen LogP contribution in [0.3, 0.4) is 0 Å². The lowest BCUT2D eigenvalue weighted by Crippen LogP contribution is -2.14. The minimum Gasteiger partial charge on any atom is -0.468 e. The molecule has 11 heterocycles. The number of carbonyl (C=O) groups excluding carboxylic acids is 6. The number of Topliss-reactive ketones (excluding diaryl/α,β-unsaturated/α-hetero) is 2. The Hall–Kier alpha value is -15.9. The number of nitrogens with one attached hydrogen (secondary N) is 3. The quantitative estimate of drug-likeness (QED) is 0.00544. The Kier molecular flexibility index (Phi) is 50.7. The lowest BCUT2D eigenvalue weighted by Gasteiger charge is -2.08. The summed E-state index contributed by atoms with van der Waals surface area (Å²) in [4.78, 5) is 100. The number of aliphatic hydroxyl groups is 2. The SMILES string of the molecule is CC(=O)CC#N.CNN.COC(=O)C(C#N)=CCO.COC(=O)CC#N.COC(=O)c1cnn(C)c1N.COC(=O)c1cnn(C)c1N=Nc1c(C)nn(-c2cc(-n3nc(C)c(N=Nc4c(C(=O)CO)cnn4C)c3N)ncn2)c1N.COC(OC)OC.Cc1cc(N)n(-c2cc(-n3nc(C)cc3N)ncn2)n1.Clc1ncnc(Cl)n1.NN.NNc1cc(NN)ncn1. The zero-order valence-corrected chi connectivity index (χ0v) is 73.1. The van der Waals surface area contributed by atoms with Gasteiger partial charge in [0, 0.05) is 72.8 Å². The summed E-state index contributed by atoms with van der Waals surface area (Å²) in [6, 6.07) is 13.3. The van der Waals surface area contributed by atoms with Gasteiger partial charge in [-0.1, -0.05) is 0 Å². The molecule has 0 aliphatic heterocycles. The van der Waals surface area contributed by atoms with Gasteiger partial charge in [0.1, 0.15) is 96.0 Å². The number of hydrogen-bond acceptors (Lipinski definition) is 51. The number of ether oxygens (including phenoxy) is 7. The van der Waals surface area contributed by atoms with Gasteiger partial charge in [-0.2, -0.15) is 75.2 Å². The van der Waals surface area contributed by atoms with Gasteiger partial charge in [0.25, 0.3) is 6.48 Å². The number of nitrogen functional groups attached to an aromatic ring is 7. The van der Waals surface area contributed by atoms with Crippen LogP contribution in [0.15, 0.2) is 106 Å². The van der Waals surface area contributed by atoms with E-state index in [9.17, 15) is 33.9 Å². The van der Waals surface area contributed by atoms with Crippen molar-refractivity contribution in [1.29, 1.82) is 15.8 Å². The second-order valence-electron chi connectivity index (χ2n) is 23.0. The van der Waals surface area contributed by atoms with Gasteiger partial charge in [0.15, 0.2) is 63.7 Å². The van der Waals surface area contributed by atoms with Crippen LogP contribution in [0.5, 0.6) is 0 Å². The number of aliphatic hydroxyl groups excluding tert-OH is 2. The topological polar surface area (TPSA) is 865 Å². The fourth-order valence-electron chi connectivity index (χ4n) is 8.44. The number of rotatable bonds is 21. The molecule has 11 aromatic heterocycles. The van der Waals surface area contributed by atoms with Crippen LogP contribution < -0.4 is 74.2 Å². The summed E-state index contributed by atoms with van der Waals surface area (Å²) in [6.07, 6.45) is 10.3. The van der Waals surface area contributed by atoms with Crippen molar-refractivity contribution in [2.75, 3.05) is 110 Å². The number of nitriles is 3. The average molecular weight is 1830 g/mol. The Balaban J connectivity index is 0.000000807. The minimum atomic E-state index is -0.725. The van der Waals surface area contributed by atoms with Crippen molar-refractivity contribution in [1.82, 2.24) is 119 Å². The van der Waals surface area contributed by atoms with E-state index < -0.39 is 42.7 Å². The van der Waals surface area contributed by atoms with Crippen LogP contribution in [0.25, 0.3) is 23.3 Å². The highest BCUT2D eigenvalue weighted by atomic mass is 35.5. The lowest BCUT2D eigenvalue weighted by molar-refractivity contribution is -0.252. The third-order valence-corrected chi connectivity index (χ3v) is 14.6. The van der Waals surface area contributed by atoms with E-state index >= 15 is 0 Å². The zero-order valence-electron chi connectivity index (χ0n) is 71.6. The van der Waals surface area contributed by atoms with E-state index in [2.05, 4.69) is 163 Å². The largest absolute Gasteiger partial charge is 0.468 e. The van der Waals surface area contributed by atoms with E-state index in [0.717, 1.165) is 17.5 Å². The van der Waals surface area contributed by atoms with Gasteiger partial charge in [-0.05, 0) is 70.9 Å². The van der Waals surface area contributed by atoms with Gasteiger partial charge in [0.2, 0.25) is 10.6 Å². The van der Waals surface area contributed by atoms with Gasteiger partial charge in [-0.15, -0.1) is 20.5 Å². The molecule has 0 aromatic carbocycles. The smallest absolute Gasteiger partial charge is 0.348 e. The first-order chi connectivity index (χ1) is 61.0. The molecule has 0 saturated heterocycles. The maximum absolute atomic E-state index is 12.0. The van der Waals surface area contributed by atoms with Crippen molar-refractivity contribution in [2.24, 2.45) is 70.8 Å². The second kappa shape index (κ2) is 59.0. The fourth-order valence-corrected chi connectivity index (χ4v) is 8.73. The monoisotopic (exact) mass is 1820 g/mol. The molecular weight excluding hydrogens is 1730 g/mol. The Bertz CT molecular complexity index is 5360. The number of aromatic nitrogens is 23. The number of esters is 4. The third-order valence-electron chi connectivity index (χ3n) is 14.2. The molecule has 686 valence electrons. The van der Waals surface area contributed by atoms with Crippen LogP contribution in [0.2, 0.25) is 10.6 Å². The number of methoxy groups -OCH3 is 7. The summed E-state index contributed by atoms with van der Waals surface area (Å²) in [6.45, 7) is 6.93. The molecule has 0 aliphatic carbocycles. The van der Waals surface area contributed by atoms with Crippen molar-refractivity contribution in [3.05, 3.63) is 136 Å². The molecular formula is C68H95Cl2N43O15. The second-order valence-corrected chi connectivity index (χ2v) is 23.6. The maximum atomic E-state index is 12.0. The van der Waals surface area contributed by atoms with Crippen molar-refractivity contribution in [2.45, 2.75) is 53.9 Å². The Labute approximate surface area is 737 Å². The van der Waals surface area contributed by atoms with Crippen molar-refractivity contribution in [3.8, 4) is 41.5 Å². The van der Waals surface area contributed by atoms with Crippen molar-refractivity contribution in [3.63, 3.8) is 0 Å². The highest BCUT2D eigenvalue weighted by molar-refractivity contribution is 6.30. The number of hydrazine groups is 4. The molecule has 11 rings (SSSR count). The average Bonchev–Trinajstić information content (AvgIpc) is 1.63. The van der Waals surface area contributed by atoms with Crippen LogP contribution >= 0.6 is 23.2 Å². The first-order valence-electron chi connectivity index (χ1n) is 35.1. The number of nitrogens with two attached hydrogens (primary N) is 10. The minimum absolute atomic E-state index is 0.0417. The number of ketones is 2. The van der Waals surface area contributed by atoms with Gasteiger partial charge in [0.05, 0.1) is 101 Å². The molecule has 0 saturated carbocycles. The third kappa shape index (κ3) is 35.5. The normalized spacial score (nSPS) is 10.1. The predicted molar refractivity (Wildman–Crippen MR) is 456 cm³/mol. The van der Waals surface area contributed by atoms with Gasteiger partial charge >= 0.3 is 23.9 Å². The molecule has 0 atom stereocenters. The van der Waals surface area contributed by atoms with E-state index in [1.165, 1.54) is 124 Å². The summed E-state index contributed by atoms with van der Waals surface area (Å²) >= 11 is 10.6. The van der Waals surface area contributed by atoms with Crippen LogP contribution in [0.4, 0.5) is 63.7 Å². The van der Waals surface area contributed by atoms with E-state index in [-0.39, 0.29) is 98.8 Å². The number of hydrogen-bond donors (Lipinski definition) is 15. The Morgan fingerprint density at radius 2 is 0.914 bits per heavy atom. The molecule has 11 aromatic rings. The molecule has 60 heteroatoms. The molecule has 58 nitrogen and oxygen atoms in total.